The molecular formula is C28H30N6O2. The summed E-state index contributed by atoms with van der Waals surface area (Å²) in [6.07, 6.45) is 6.27. The number of fused-ring (bicyclic) bond motifs is 1. The van der Waals surface area contributed by atoms with Crippen molar-refractivity contribution in [3.63, 3.8) is 0 Å². The van der Waals surface area contributed by atoms with Crippen molar-refractivity contribution in [1.29, 1.82) is 0 Å². The summed E-state index contributed by atoms with van der Waals surface area (Å²) in [4.78, 5) is 32.2. The minimum absolute atomic E-state index is 0.0514. The van der Waals surface area contributed by atoms with Gasteiger partial charge in [-0.2, -0.15) is 0 Å². The summed E-state index contributed by atoms with van der Waals surface area (Å²) in [5.74, 6) is -0.147. The van der Waals surface area contributed by atoms with Gasteiger partial charge in [-0.3, -0.25) is 14.8 Å². The van der Waals surface area contributed by atoms with Crippen LogP contribution in [0.2, 0.25) is 0 Å². The van der Waals surface area contributed by atoms with E-state index in [1.807, 2.05) is 43.5 Å². The SMILES string of the molecule is Cc1cccc(-c2[nH]cnc2-c2ccc3ncc(N4CC[C@H](C(=O)OC5CCNCC5)C4)cc3c2)n1. The van der Waals surface area contributed by atoms with E-state index in [-0.39, 0.29) is 18.0 Å². The lowest BCUT2D eigenvalue weighted by atomic mass is 10.0. The number of hydrogen-bond donors (Lipinski definition) is 2. The topological polar surface area (TPSA) is 96.0 Å². The Balaban J connectivity index is 1.22. The number of aryl methyl sites for hydroxylation is 1. The number of hydrogen-bond acceptors (Lipinski definition) is 7. The first-order chi connectivity index (χ1) is 17.6. The highest BCUT2D eigenvalue weighted by molar-refractivity contribution is 5.88. The number of anilines is 1. The molecule has 0 radical (unpaired) electrons. The van der Waals surface area contributed by atoms with Gasteiger partial charge in [-0.05, 0) is 69.6 Å². The molecule has 0 amide bonds. The number of carbonyl (C=O) groups is 1. The number of benzene rings is 1. The maximum atomic E-state index is 12.7. The van der Waals surface area contributed by atoms with Gasteiger partial charge in [0.2, 0.25) is 0 Å². The molecule has 0 unspecified atom stereocenters. The molecule has 2 aliphatic heterocycles. The molecule has 4 aromatic rings. The lowest BCUT2D eigenvalue weighted by molar-refractivity contribution is -0.154. The molecule has 0 bridgehead atoms. The van der Waals surface area contributed by atoms with Crippen molar-refractivity contribution in [2.75, 3.05) is 31.1 Å². The van der Waals surface area contributed by atoms with Gasteiger partial charge >= 0.3 is 5.97 Å². The van der Waals surface area contributed by atoms with Crippen molar-refractivity contribution < 1.29 is 9.53 Å². The number of imidazole rings is 1. The van der Waals surface area contributed by atoms with Gasteiger partial charge in [0.15, 0.2) is 0 Å². The molecule has 8 heteroatoms. The Morgan fingerprint density at radius 1 is 1.08 bits per heavy atom. The van der Waals surface area contributed by atoms with Crippen LogP contribution in [-0.4, -0.2) is 58.2 Å². The Kier molecular flexibility index (Phi) is 6.11. The Bertz CT molecular complexity index is 1390. The highest BCUT2D eigenvalue weighted by Gasteiger charge is 2.31. The Labute approximate surface area is 210 Å². The molecule has 6 rings (SSSR count). The summed E-state index contributed by atoms with van der Waals surface area (Å²) in [7, 11) is 0. The number of aromatic nitrogens is 4. The van der Waals surface area contributed by atoms with E-state index in [2.05, 4.69) is 37.3 Å². The Hall–Kier alpha value is -3.78. The van der Waals surface area contributed by atoms with Crippen molar-refractivity contribution in [3.05, 3.63) is 60.7 Å². The van der Waals surface area contributed by atoms with Gasteiger partial charge in [0.1, 0.15) is 6.10 Å². The number of nitrogens with zero attached hydrogens (tertiary/aromatic N) is 4. The van der Waals surface area contributed by atoms with E-state index in [4.69, 9.17) is 9.72 Å². The van der Waals surface area contributed by atoms with Crippen LogP contribution in [-0.2, 0) is 9.53 Å². The lowest BCUT2D eigenvalue weighted by Gasteiger charge is -2.24. The smallest absolute Gasteiger partial charge is 0.311 e. The number of nitrogens with one attached hydrogen (secondary N) is 2. The second-order valence-electron chi connectivity index (χ2n) is 9.71. The average molecular weight is 483 g/mol. The zero-order valence-electron chi connectivity index (χ0n) is 20.4. The molecule has 8 nitrogen and oxygen atoms in total. The van der Waals surface area contributed by atoms with Crippen molar-refractivity contribution in [3.8, 4) is 22.6 Å². The van der Waals surface area contributed by atoms with E-state index < -0.39 is 0 Å². The molecule has 0 saturated carbocycles. The molecule has 2 N–H and O–H groups in total. The lowest BCUT2D eigenvalue weighted by Crippen LogP contribution is -2.35. The molecule has 2 aliphatic rings. The van der Waals surface area contributed by atoms with Crippen molar-refractivity contribution in [2.24, 2.45) is 5.92 Å². The minimum Gasteiger partial charge on any atom is -0.462 e. The van der Waals surface area contributed by atoms with Crippen molar-refractivity contribution >= 4 is 22.6 Å². The molecule has 3 aromatic heterocycles. The molecule has 0 spiro atoms. The predicted octanol–water partition coefficient (Wildman–Crippen LogP) is 4.12. The number of ether oxygens (including phenoxy) is 1. The molecule has 184 valence electrons. The Morgan fingerprint density at radius 3 is 2.83 bits per heavy atom. The van der Waals surface area contributed by atoms with Crippen LogP contribution in [0.5, 0.6) is 0 Å². The van der Waals surface area contributed by atoms with Crippen LogP contribution in [0, 0.1) is 12.8 Å². The van der Waals surface area contributed by atoms with Gasteiger partial charge in [-0.15, -0.1) is 0 Å². The molecule has 2 saturated heterocycles. The average Bonchev–Trinajstić information content (AvgIpc) is 3.59. The van der Waals surface area contributed by atoms with Gasteiger partial charge in [-0.1, -0.05) is 12.1 Å². The van der Waals surface area contributed by atoms with Crippen LogP contribution in [0.15, 0.2) is 55.0 Å². The summed E-state index contributed by atoms with van der Waals surface area (Å²) < 4.78 is 5.81. The van der Waals surface area contributed by atoms with Crippen LogP contribution in [0.4, 0.5) is 5.69 Å². The first-order valence-electron chi connectivity index (χ1n) is 12.7. The molecule has 5 heterocycles. The molecule has 1 atom stereocenters. The van der Waals surface area contributed by atoms with E-state index in [1.165, 1.54) is 0 Å². The van der Waals surface area contributed by atoms with E-state index in [0.29, 0.717) is 6.54 Å². The van der Waals surface area contributed by atoms with E-state index in [0.717, 1.165) is 83.8 Å². The van der Waals surface area contributed by atoms with Gasteiger partial charge in [-0.25, -0.2) is 4.98 Å². The van der Waals surface area contributed by atoms with Crippen molar-refractivity contribution in [1.82, 2.24) is 25.3 Å². The van der Waals surface area contributed by atoms with Gasteiger partial charge in [0.25, 0.3) is 0 Å². The van der Waals surface area contributed by atoms with Crippen LogP contribution >= 0.6 is 0 Å². The number of aromatic amines is 1. The molecular weight excluding hydrogens is 452 g/mol. The van der Waals surface area contributed by atoms with Crippen LogP contribution in [0.25, 0.3) is 33.5 Å². The largest absolute Gasteiger partial charge is 0.462 e. The van der Waals surface area contributed by atoms with E-state index in [1.54, 1.807) is 6.33 Å². The fraction of sp³-hybridized carbons (Fsp3) is 0.357. The summed E-state index contributed by atoms with van der Waals surface area (Å²) in [6, 6.07) is 14.3. The van der Waals surface area contributed by atoms with Gasteiger partial charge in [0.05, 0.1) is 46.7 Å². The maximum Gasteiger partial charge on any atom is 0.311 e. The predicted molar refractivity (Wildman–Crippen MR) is 140 cm³/mol. The third kappa shape index (κ3) is 4.56. The molecule has 36 heavy (non-hydrogen) atoms. The van der Waals surface area contributed by atoms with E-state index in [9.17, 15) is 4.79 Å². The standard InChI is InChI=1S/C28H30N6O2/c1-18-3-2-4-25(33-18)27-26(31-17-32-27)19-5-6-24-21(13-19)14-22(15-30-24)34-12-9-20(16-34)28(35)36-23-7-10-29-11-8-23/h2-6,13-15,17,20,23,29H,7-12,16H2,1H3,(H,31,32)/t20-/m0/s1. The maximum absolute atomic E-state index is 12.7. The third-order valence-electron chi connectivity index (χ3n) is 7.18. The summed E-state index contributed by atoms with van der Waals surface area (Å²) >= 11 is 0. The van der Waals surface area contributed by atoms with Crippen LogP contribution in [0.3, 0.4) is 0 Å². The molecule has 0 aliphatic carbocycles. The highest BCUT2D eigenvalue weighted by atomic mass is 16.5. The fourth-order valence-corrected chi connectivity index (χ4v) is 5.19. The van der Waals surface area contributed by atoms with Crippen LogP contribution < -0.4 is 10.2 Å². The van der Waals surface area contributed by atoms with Crippen molar-refractivity contribution in [2.45, 2.75) is 32.3 Å². The first kappa shape index (κ1) is 22.7. The second-order valence-corrected chi connectivity index (χ2v) is 9.71. The summed E-state index contributed by atoms with van der Waals surface area (Å²) in [6.45, 7) is 5.31. The Morgan fingerprint density at radius 2 is 1.97 bits per heavy atom. The van der Waals surface area contributed by atoms with Crippen LogP contribution in [0.1, 0.15) is 25.0 Å². The second kappa shape index (κ2) is 9.70. The number of pyridine rings is 2. The zero-order chi connectivity index (χ0) is 24.5. The summed E-state index contributed by atoms with van der Waals surface area (Å²) in [5, 5.41) is 4.35. The number of carbonyl (C=O) groups excluding carboxylic acids is 1. The fourth-order valence-electron chi connectivity index (χ4n) is 5.19. The number of H-pyrrole nitrogens is 1. The third-order valence-corrected chi connectivity index (χ3v) is 7.18. The van der Waals surface area contributed by atoms with Gasteiger partial charge in [0, 0.05) is 29.7 Å². The first-order valence-corrected chi connectivity index (χ1v) is 12.7. The highest BCUT2D eigenvalue weighted by Crippen LogP contribution is 2.32. The number of esters is 1. The molecule has 1 aromatic carbocycles. The number of piperidine rings is 1. The molecule has 2 fully saturated rings. The normalized spacial score (nSPS) is 18.6. The van der Waals surface area contributed by atoms with E-state index >= 15 is 0 Å². The zero-order valence-corrected chi connectivity index (χ0v) is 20.4. The van der Waals surface area contributed by atoms with Gasteiger partial charge < -0.3 is 19.9 Å². The quantitative estimate of drug-likeness (QED) is 0.413. The monoisotopic (exact) mass is 482 g/mol. The minimum atomic E-state index is -0.0876. The summed E-state index contributed by atoms with van der Waals surface area (Å²) in [5.41, 5.74) is 6.55. The number of rotatable bonds is 5.